The van der Waals surface area contributed by atoms with Gasteiger partial charge < -0.3 is 14.8 Å². The predicted molar refractivity (Wildman–Crippen MR) is 101 cm³/mol. The quantitative estimate of drug-likeness (QED) is 0.677. The van der Waals surface area contributed by atoms with Crippen molar-refractivity contribution >= 4 is 5.91 Å². The summed E-state index contributed by atoms with van der Waals surface area (Å²) < 4.78 is 50.9. The highest BCUT2D eigenvalue weighted by atomic mass is 19.4. The summed E-state index contributed by atoms with van der Waals surface area (Å²) in [6, 6.07) is 4.88. The van der Waals surface area contributed by atoms with E-state index >= 15 is 0 Å². The Labute approximate surface area is 164 Å². The maximum atomic E-state index is 13.3. The van der Waals surface area contributed by atoms with Gasteiger partial charge in [-0.1, -0.05) is 32.8 Å². The van der Waals surface area contributed by atoms with Gasteiger partial charge in [0.2, 0.25) is 5.91 Å². The lowest BCUT2D eigenvalue weighted by Crippen LogP contribution is -2.43. The van der Waals surface area contributed by atoms with E-state index in [2.05, 4.69) is 5.32 Å². The molecular weight excluding hydrogens is 371 g/mol. The molecule has 0 radical (unpaired) electrons. The first-order chi connectivity index (χ1) is 13.1. The first kappa shape index (κ1) is 22.4. The van der Waals surface area contributed by atoms with Crippen molar-refractivity contribution in [2.75, 3.05) is 13.7 Å². The molecule has 1 aromatic carbocycles. The van der Waals surface area contributed by atoms with Gasteiger partial charge in [-0.25, -0.2) is 0 Å². The van der Waals surface area contributed by atoms with Crippen LogP contribution in [-0.2, 0) is 4.79 Å². The minimum absolute atomic E-state index is 0.0195. The van der Waals surface area contributed by atoms with E-state index in [1.807, 2.05) is 13.8 Å². The summed E-state index contributed by atoms with van der Waals surface area (Å²) in [6.45, 7) is 6.38. The van der Waals surface area contributed by atoms with Crippen LogP contribution < -0.4 is 14.8 Å². The summed E-state index contributed by atoms with van der Waals surface area (Å²) in [4.78, 5) is 12.6. The molecular formula is C21H30F3NO3. The fraction of sp³-hybridized carbons (Fsp3) is 0.667. The lowest BCUT2D eigenvalue weighted by atomic mass is 9.78. The maximum absolute atomic E-state index is 13.3. The third kappa shape index (κ3) is 5.79. The number of hydrogen-bond acceptors (Lipinski definition) is 3. The minimum Gasteiger partial charge on any atom is -0.493 e. The molecule has 0 bridgehead atoms. The van der Waals surface area contributed by atoms with Crippen LogP contribution in [0.5, 0.6) is 11.5 Å². The molecule has 3 unspecified atom stereocenters. The number of carbonyl (C=O) groups is 1. The predicted octanol–water partition coefficient (Wildman–Crippen LogP) is 5.28. The average Bonchev–Trinajstić information content (AvgIpc) is 2.65. The summed E-state index contributed by atoms with van der Waals surface area (Å²) in [5.74, 6) is -1.62. The van der Waals surface area contributed by atoms with E-state index in [0.717, 1.165) is 5.56 Å². The van der Waals surface area contributed by atoms with Gasteiger partial charge >= 0.3 is 6.18 Å². The highest BCUT2D eigenvalue weighted by Crippen LogP contribution is 2.42. The van der Waals surface area contributed by atoms with Crippen LogP contribution in [0.15, 0.2) is 18.2 Å². The van der Waals surface area contributed by atoms with Crippen molar-refractivity contribution < 1.29 is 27.4 Å². The van der Waals surface area contributed by atoms with E-state index in [0.29, 0.717) is 36.9 Å². The summed E-state index contributed by atoms with van der Waals surface area (Å²) in [5.41, 5.74) is 0.751. The number of carbonyl (C=O) groups excluding carboxylic acids is 1. The van der Waals surface area contributed by atoms with E-state index in [4.69, 9.17) is 9.47 Å². The van der Waals surface area contributed by atoms with Crippen molar-refractivity contribution in [1.82, 2.24) is 5.32 Å². The number of benzene rings is 1. The van der Waals surface area contributed by atoms with Crippen molar-refractivity contribution in [1.29, 1.82) is 0 Å². The molecule has 0 aromatic heterocycles. The number of hydrogen-bond donors (Lipinski definition) is 1. The van der Waals surface area contributed by atoms with E-state index < -0.39 is 30.0 Å². The van der Waals surface area contributed by atoms with Gasteiger partial charge in [-0.15, -0.1) is 0 Å². The fourth-order valence-corrected chi connectivity index (χ4v) is 3.57. The average molecular weight is 401 g/mol. The number of nitrogens with one attached hydrogen (secondary N) is 1. The standard InChI is InChI=1S/C21H30F3NO3/c1-13(2)12-28-18-10-9-15(11-19(18)27-4)14(3)25-20(26)16-7-5-6-8-17(16)21(22,23)24/h9-11,13-14,16-17H,5-8,12H2,1-4H3,(H,25,26). The van der Waals surface area contributed by atoms with Gasteiger partial charge in [-0.05, 0) is 43.4 Å². The number of rotatable bonds is 7. The first-order valence-electron chi connectivity index (χ1n) is 9.81. The summed E-state index contributed by atoms with van der Waals surface area (Å²) >= 11 is 0. The molecule has 1 N–H and O–H groups in total. The third-order valence-electron chi connectivity index (χ3n) is 5.14. The second-order valence-corrected chi connectivity index (χ2v) is 7.88. The molecule has 0 saturated heterocycles. The normalized spacial score (nSPS) is 21.3. The van der Waals surface area contributed by atoms with Crippen LogP contribution in [0.2, 0.25) is 0 Å². The number of alkyl halides is 3. The van der Waals surface area contributed by atoms with E-state index in [-0.39, 0.29) is 12.8 Å². The van der Waals surface area contributed by atoms with Crippen LogP contribution >= 0.6 is 0 Å². The van der Waals surface area contributed by atoms with E-state index in [1.54, 1.807) is 25.1 Å². The Morgan fingerprint density at radius 2 is 1.86 bits per heavy atom. The Balaban J connectivity index is 2.08. The van der Waals surface area contributed by atoms with Gasteiger partial charge in [0, 0.05) is 5.92 Å². The number of methoxy groups -OCH3 is 1. The molecule has 1 aliphatic rings. The van der Waals surface area contributed by atoms with Gasteiger partial charge in [0.25, 0.3) is 0 Å². The molecule has 1 amide bonds. The second-order valence-electron chi connectivity index (χ2n) is 7.88. The summed E-state index contributed by atoms with van der Waals surface area (Å²) in [7, 11) is 1.53. The lowest BCUT2D eigenvalue weighted by Gasteiger charge is -2.32. The number of halogens is 3. The van der Waals surface area contributed by atoms with Gasteiger partial charge in [-0.3, -0.25) is 4.79 Å². The molecule has 158 valence electrons. The Bertz CT molecular complexity index is 661. The largest absolute Gasteiger partial charge is 0.493 e. The Kier molecular flexibility index (Phi) is 7.61. The van der Waals surface area contributed by atoms with Crippen molar-refractivity contribution in [2.45, 2.75) is 58.7 Å². The molecule has 0 spiro atoms. The van der Waals surface area contributed by atoms with Gasteiger partial charge in [0.1, 0.15) is 0 Å². The zero-order valence-electron chi connectivity index (χ0n) is 16.9. The highest BCUT2D eigenvalue weighted by molar-refractivity contribution is 5.79. The lowest BCUT2D eigenvalue weighted by molar-refractivity contribution is -0.198. The van der Waals surface area contributed by atoms with Crippen LogP contribution in [0, 0.1) is 17.8 Å². The van der Waals surface area contributed by atoms with E-state index in [9.17, 15) is 18.0 Å². The first-order valence-corrected chi connectivity index (χ1v) is 9.81. The molecule has 4 nitrogen and oxygen atoms in total. The Morgan fingerprint density at radius 3 is 2.46 bits per heavy atom. The number of ether oxygens (including phenoxy) is 2. The molecule has 1 fully saturated rings. The van der Waals surface area contributed by atoms with Gasteiger partial charge in [0.05, 0.1) is 25.7 Å². The van der Waals surface area contributed by atoms with Crippen molar-refractivity contribution in [3.8, 4) is 11.5 Å². The van der Waals surface area contributed by atoms with Crippen LogP contribution in [0.25, 0.3) is 0 Å². The molecule has 7 heteroatoms. The molecule has 28 heavy (non-hydrogen) atoms. The van der Waals surface area contributed by atoms with Crippen LogP contribution in [-0.4, -0.2) is 25.8 Å². The smallest absolute Gasteiger partial charge is 0.392 e. The Hall–Kier alpha value is -1.92. The molecule has 1 saturated carbocycles. The summed E-state index contributed by atoms with van der Waals surface area (Å²) in [5, 5.41) is 2.75. The fourth-order valence-electron chi connectivity index (χ4n) is 3.57. The molecule has 3 atom stereocenters. The van der Waals surface area contributed by atoms with E-state index in [1.165, 1.54) is 7.11 Å². The molecule has 1 aromatic rings. The maximum Gasteiger partial charge on any atom is 0.392 e. The molecule has 1 aliphatic carbocycles. The third-order valence-corrected chi connectivity index (χ3v) is 5.14. The van der Waals surface area contributed by atoms with Crippen molar-refractivity contribution in [3.63, 3.8) is 0 Å². The zero-order chi connectivity index (χ0) is 20.9. The monoisotopic (exact) mass is 401 g/mol. The molecule has 0 aliphatic heterocycles. The molecule has 0 heterocycles. The number of amides is 1. The van der Waals surface area contributed by atoms with Crippen LogP contribution in [0.4, 0.5) is 13.2 Å². The Morgan fingerprint density at radius 1 is 1.18 bits per heavy atom. The topological polar surface area (TPSA) is 47.6 Å². The van der Waals surface area contributed by atoms with Crippen molar-refractivity contribution in [2.24, 2.45) is 17.8 Å². The highest BCUT2D eigenvalue weighted by Gasteiger charge is 2.48. The second kappa shape index (κ2) is 9.52. The van der Waals surface area contributed by atoms with Crippen LogP contribution in [0.1, 0.15) is 58.1 Å². The molecule has 2 rings (SSSR count). The minimum atomic E-state index is -4.34. The zero-order valence-corrected chi connectivity index (χ0v) is 16.9. The van der Waals surface area contributed by atoms with Gasteiger partial charge in [0.15, 0.2) is 11.5 Å². The van der Waals surface area contributed by atoms with Gasteiger partial charge in [-0.2, -0.15) is 13.2 Å². The SMILES string of the molecule is COc1cc(C(C)NC(=O)C2CCCCC2C(F)(F)F)ccc1OCC(C)C. The summed E-state index contributed by atoms with van der Waals surface area (Å²) in [6.07, 6.45) is -2.89. The van der Waals surface area contributed by atoms with Crippen LogP contribution in [0.3, 0.4) is 0 Å². The van der Waals surface area contributed by atoms with Crippen molar-refractivity contribution in [3.05, 3.63) is 23.8 Å².